The van der Waals surface area contributed by atoms with Gasteiger partial charge in [-0.25, -0.2) is 0 Å². The lowest BCUT2D eigenvalue weighted by Crippen LogP contribution is -2.41. The van der Waals surface area contributed by atoms with E-state index in [1.54, 1.807) is 0 Å². The zero-order valence-electron chi connectivity index (χ0n) is 13.4. The van der Waals surface area contributed by atoms with Gasteiger partial charge < -0.3 is 14.0 Å². The van der Waals surface area contributed by atoms with E-state index in [1.165, 1.54) is 6.42 Å². The van der Waals surface area contributed by atoms with Crippen molar-refractivity contribution < 1.29 is 14.0 Å². The summed E-state index contributed by atoms with van der Waals surface area (Å²) in [5.74, 6) is 0. The number of hydrogen-bond donors (Lipinski definition) is 0. The Morgan fingerprint density at radius 2 is 1.81 bits per heavy atom. The van der Waals surface area contributed by atoms with Crippen LogP contribution in [0.25, 0.3) is 0 Å². The van der Waals surface area contributed by atoms with E-state index in [1.807, 2.05) is 12.4 Å². The average molecular weight is 289 g/mol. The van der Waals surface area contributed by atoms with Crippen molar-refractivity contribution >= 4 is 12.6 Å². The van der Waals surface area contributed by atoms with Crippen LogP contribution < -0.4 is 5.46 Å². The largest absolute Gasteiger partial charge is 0.496 e. The van der Waals surface area contributed by atoms with Crippen LogP contribution in [0.1, 0.15) is 58.6 Å². The zero-order valence-corrected chi connectivity index (χ0v) is 13.4. The van der Waals surface area contributed by atoms with Gasteiger partial charge >= 0.3 is 7.12 Å². The molecule has 21 heavy (non-hydrogen) atoms. The molecule has 1 unspecified atom stereocenters. The highest BCUT2D eigenvalue weighted by Gasteiger charge is 2.51. The lowest BCUT2D eigenvalue weighted by molar-refractivity contribution is 0.00578. The summed E-state index contributed by atoms with van der Waals surface area (Å²) >= 11 is 0. The summed E-state index contributed by atoms with van der Waals surface area (Å²) in [6.45, 7) is 9.09. The van der Waals surface area contributed by atoms with Crippen molar-refractivity contribution in [1.82, 2.24) is 4.98 Å². The Labute approximate surface area is 127 Å². The Hall–Kier alpha value is -0.905. The smallest absolute Gasteiger partial charge is 0.399 e. The van der Waals surface area contributed by atoms with Gasteiger partial charge in [-0.05, 0) is 52.5 Å². The molecule has 2 aliphatic heterocycles. The van der Waals surface area contributed by atoms with Gasteiger partial charge in [-0.3, -0.25) is 4.98 Å². The first-order valence-electron chi connectivity index (χ1n) is 7.81. The number of hydrogen-bond acceptors (Lipinski definition) is 4. The number of pyridine rings is 1. The minimum atomic E-state index is -0.356. The summed E-state index contributed by atoms with van der Waals surface area (Å²) in [5, 5.41) is 0. The highest BCUT2D eigenvalue weighted by Crippen LogP contribution is 2.36. The first-order valence-corrected chi connectivity index (χ1v) is 7.81. The minimum absolute atomic E-state index is 0.161. The highest BCUT2D eigenvalue weighted by molar-refractivity contribution is 6.62. The van der Waals surface area contributed by atoms with Gasteiger partial charge in [0.05, 0.1) is 17.3 Å². The lowest BCUT2D eigenvalue weighted by Gasteiger charge is -2.32. The molecule has 0 amide bonds. The quantitative estimate of drug-likeness (QED) is 0.785. The van der Waals surface area contributed by atoms with E-state index >= 15 is 0 Å². The molecule has 0 spiro atoms. The van der Waals surface area contributed by atoms with Crippen LogP contribution in [0.2, 0.25) is 0 Å². The fourth-order valence-corrected chi connectivity index (χ4v) is 2.76. The van der Waals surface area contributed by atoms with E-state index in [-0.39, 0.29) is 24.4 Å². The first kappa shape index (κ1) is 15.0. The summed E-state index contributed by atoms with van der Waals surface area (Å²) in [6, 6.07) is 2.12. The third-order valence-electron chi connectivity index (χ3n) is 4.86. The second-order valence-electron chi connectivity index (χ2n) is 7.00. The van der Waals surface area contributed by atoms with Crippen LogP contribution in [0.15, 0.2) is 18.5 Å². The van der Waals surface area contributed by atoms with Crippen LogP contribution in [0.5, 0.6) is 0 Å². The molecule has 2 saturated heterocycles. The van der Waals surface area contributed by atoms with Crippen molar-refractivity contribution in [2.45, 2.75) is 64.3 Å². The van der Waals surface area contributed by atoms with Crippen LogP contribution >= 0.6 is 0 Å². The fraction of sp³-hybridized carbons (Fsp3) is 0.688. The van der Waals surface area contributed by atoms with Crippen molar-refractivity contribution in [3.63, 3.8) is 0 Å². The molecule has 3 rings (SSSR count). The van der Waals surface area contributed by atoms with Gasteiger partial charge in [0.1, 0.15) is 0 Å². The monoisotopic (exact) mass is 289 g/mol. The van der Waals surface area contributed by atoms with Crippen molar-refractivity contribution in [1.29, 1.82) is 0 Å². The van der Waals surface area contributed by atoms with E-state index in [9.17, 15) is 0 Å². The van der Waals surface area contributed by atoms with E-state index in [4.69, 9.17) is 14.0 Å². The molecule has 2 fully saturated rings. The molecular formula is C16H24BNO3. The van der Waals surface area contributed by atoms with Crippen molar-refractivity contribution in [3.8, 4) is 0 Å². The number of rotatable bonds is 2. The van der Waals surface area contributed by atoms with Gasteiger partial charge in [0.2, 0.25) is 0 Å². The van der Waals surface area contributed by atoms with Crippen LogP contribution in [-0.2, 0) is 14.0 Å². The van der Waals surface area contributed by atoms with Crippen LogP contribution in [0.3, 0.4) is 0 Å². The van der Waals surface area contributed by atoms with Crippen molar-refractivity contribution in [2.75, 3.05) is 6.61 Å². The molecule has 3 heterocycles. The lowest BCUT2D eigenvalue weighted by atomic mass is 9.79. The molecule has 0 bridgehead atoms. The molecule has 0 radical (unpaired) electrons. The summed E-state index contributed by atoms with van der Waals surface area (Å²) in [7, 11) is -0.356. The molecule has 4 nitrogen and oxygen atoms in total. The Morgan fingerprint density at radius 1 is 1.10 bits per heavy atom. The summed E-state index contributed by atoms with van der Waals surface area (Å²) in [4.78, 5) is 4.36. The Morgan fingerprint density at radius 3 is 2.43 bits per heavy atom. The Bertz CT molecular complexity index is 496. The van der Waals surface area contributed by atoms with Gasteiger partial charge in [0, 0.05) is 24.5 Å². The average Bonchev–Trinajstić information content (AvgIpc) is 2.69. The molecule has 1 atom stereocenters. The van der Waals surface area contributed by atoms with Gasteiger partial charge in [-0.15, -0.1) is 0 Å². The highest BCUT2D eigenvalue weighted by atomic mass is 16.7. The third kappa shape index (κ3) is 2.87. The molecule has 0 aromatic carbocycles. The molecule has 0 N–H and O–H groups in total. The summed E-state index contributed by atoms with van der Waals surface area (Å²) < 4.78 is 18.0. The Kier molecular flexibility index (Phi) is 3.84. The summed E-state index contributed by atoms with van der Waals surface area (Å²) in [6.07, 6.45) is 7.31. The minimum Gasteiger partial charge on any atom is -0.399 e. The summed E-state index contributed by atoms with van der Waals surface area (Å²) in [5.41, 5.74) is 1.45. The second-order valence-corrected chi connectivity index (χ2v) is 7.00. The Balaban J connectivity index is 1.81. The molecule has 0 aliphatic carbocycles. The molecule has 5 heteroatoms. The zero-order chi connectivity index (χ0) is 15.1. The SMILES string of the molecule is CC1(C)OB(c2cncc(C3CCCCO3)c2)OC1(C)C. The molecule has 1 aromatic rings. The van der Waals surface area contributed by atoms with Crippen LogP contribution in [-0.4, -0.2) is 29.9 Å². The predicted octanol–water partition coefficient (Wildman–Crippen LogP) is 2.62. The maximum absolute atomic E-state index is 6.09. The van der Waals surface area contributed by atoms with Crippen molar-refractivity contribution in [3.05, 3.63) is 24.0 Å². The van der Waals surface area contributed by atoms with E-state index in [0.29, 0.717) is 0 Å². The van der Waals surface area contributed by atoms with Gasteiger partial charge in [0.15, 0.2) is 0 Å². The second kappa shape index (κ2) is 5.38. The maximum Gasteiger partial charge on any atom is 0.496 e. The normalized spacial score (nSPS) is 27.8. The van der Waals surface area contributed by atoms with Gasteiger partial charge in [0.25, 0.3) is 0 Å². The first-order chi connectivity index (χ1) is 9.89. The molecular weight excluding hydrogens is 265 g/mol. The number of nitrogens with zero attached hydrogens (tertiary/aromatic N) is 1. The molecule has 114 valence electrons. The van der Waals surface area contributed by atoms with Crippen molar-refractivity contribution in [2.24, 2.45) is 0 Å². The maximum atomic E-state index is 6.09. The third-order valence-corrected chi connectivity index (χ3v) is 4.86. The fourth-order valence-electron chi connectivity index (χ4n) is 2.76. The molecule has 1 aromatic heterocycles. The predicted molar refractivity (Wildman–Crippen MR) is 82.5 cm³/mol. The van der Waals surface area contributed by atoms with Crippen LogP contribution in [0.4, 0.5) is 0 Å². The van der Waals surface area contributed by atoms with E-state index in [2.05, 4.69) is 38.7 Å². The van der Waals surface area contributed by atoms with Gasteiger partial charge in [-0.2, -0.15) is 0 Å². The van der Waals surface area contributed by atoms with E-state index < -0.39 is 0 Å². The number of aromatic nitrogens is 1. The van der Waals surface area contributed by atoms with Gasteiger partial charge in [-0.1, -0.05) is 6.07 Å². The topological polar surface area (TPSA) is 40.6 Å². The van der Waals surface area contributed by atoms with E-state index in [0.717, 1.165) is 30.5 Å². The molecule has 0 saturated carbocycles. The van der Waals surface area contributed by atoms with Crippen LogP contribution in [0, 0.1) is 0 Å². The molecule has 2 aliphatic rings. The standard InChI is InChI=1S/C16H24BNO3/c1-15(2)16(3,4)21-17(20-15)13-9-12(10-18-11-13)14-7-5-6-8-19-14/h9-11,14H,5-8H2,1-4H3. The number of ether oxygens (including phenoxy) is 1.